The molecule has 1 heterocycles. The third-order valence-corrected chi connectivity index (χ3v) is 4.42. The number of carbonyl (C=O) groups excluding carboxylic acids is 2. The quantitative estimate of drug-likeness (QED) is 0.723. The second-order valence-electron chi connectivity index (χ2n) is 5.67. The van der Waals surface area contributed by atoms with Gasteiger partial charge in [0, 0.05) is 39.3 Å². The molecule has 6 heteroatoms. The number of amides is 2. The summed E-state index contributed by atoms with van der Waals surface area (Å²) in [6.45, 7) is 1.02. The molecule has 0 atom stereocenters. The van der Waals surface area contributed by atoms with Crippen LogP contribution in [0.2, 0.25) is 0 Å². The molecule has 1 aromatic heterocycles. The normalized spacial score (nSPS) is 10.2. The van der Waals surface area contributed by atoms with E-state index in [0.717, 1.165) is 11.3 Å². The van der Waals surface area contributed by atoms with Gasteiger partial charge in [-0.3, -0.25) is 9.59 Å². The zero-order valence-electron chi connectivity index (χ0n) is 14.0. The summed E-state index contributed by atoms with van der Waals surface area (Å²) >= 11 is 1.41. The highest BCUT2D eigenvalue weighted by molar-refractivity contribution is 7.12. The molecule has 0 saturated heterocycles. The van der Waals surface area contributed by atoms with Crippen LogP contribution in [0.3, 0.4) is 0 Å². The molecule has 2 N–H and O–H groups in total. The molecule has 0 unspecified atom stereocenters. The minimum absolute atomic E-state index is 0.00272. The maximum Gasteiger partial charge on any atom is 0.261 e. The molecule has 0 aliphatic carbocycles. The zero-order valence-corrected chi connectivity index (χ0v) is 14.9. The number of nitrogens with one attached hydrogen (secondary N) is 2. The number of thiophene rings is 1. The Morgan fingerprint density at radius 2 is 1.83 bits per heavy atom. The largest absolute Gasteiger partial charge is 0.378 e. The lowest BCUT2D eigenvalue weighted by molar-refractivity contribution is -0.121. The molecule has 0 fully saturated rings. The average molecular weight is 345 g/mol. The number of rotatable bonds is 8. The molecule has 0 spiro atoms. The first-order valence-corrected chi connectivity index (χ1v) is 8.79. The third-order valence-electron chi connectivity index (χ3n) is 3.55. The lowest BCUT2D eigenvalue weighted by Gasteiger charge is -2.13. The molecule has 0 radical (unpaired) electrons. The molecule has 1 aromatic carbocycles. The second kappa shape index (κ2) is 9.08. The Morgan fingerprint density at radius 3 is 2.46 bits per heavy atom. The van der Waals surface area contributed by atoms with Gasteiger partial charge in [0.05, 0.1) is 4.88 Å². The van der Waals surface area contributed by atoms with E-state index >= 15 is 0 Å². The summed E-state index contributed by atoms with van der Waals surface area (Å²) in [4.78, 5) is 26.3. The van der Waals surface area contributed by atoms with Crippen molar-refractivity contribution in [2.75, 3.05) is 25.5 Å². The molecular weight excluding hydrogens is 322 g/mol. The Morgan fingerprint density at radius 1 is 1.08 bits per heavy atom. The highest BCUT2D eigenvalue weighted by atomic mass is 32.1. The molecule has 0 saturated carbocycles. The molecule has 2 rings (SSSR count). The Labute approximate surface area is 146 Å². The zero-order chi connectivity index (χ0) is 17.4. The van der Waals surface area contributed by atoms with Crippen molar-refractivity contribution in [2.45, 2.75) is 19.4 Å². The van der Waals surface area contributed by atoms with Crippen molar-refractivity contribution in [1.29, 1.82) is 0 Å². The first-order valence-electron chi connectivity index (χ1n) is 7.91. The molecule has 24 heavy (non-hydrogen) atoms. The van der Waals surface area contributed by atoms with E-state index in [4.69, 9.17) is 0 Å². The molecular formula is C18H23N3O2S. The molecule has 5 nitrogen and oxygen atoms in total. The fourth-order valence-corrected chi connectivity index (χ4v) is 2.79. The Hall–Kier alpha value is -2.34. The van der Waals surface area contributed by atoms with Gasteiger partial charge in [-0.25, -0.2) is 0 Å². The standard InChI is InChI=1S/C18H23N3O2S/c1-21(2)15-9-7-14(8-10-15)13-20-17(22)6-3-11-19-18(23)16-5-4-12-24-16/h4-5,7-10,12H,3,6,11,13H2,1-2H3,(H,19,23)(H,20,22). The molecule has 0 bridgehead atoms. The first kappa shape index (κ1) is 18.0. The summed E-state index contributed by atoms with van der Waals surface area (Å²) in [6.07, 6.45) is 1.03. The van der Waals surface area contributed by atoms with Crippen molar-refractivity contribution in [2.24, 2.45) is 0 Å². The molecule has 0 aliphatic rings. The number of nitrogens with zero attached hydrogens (tertiary/aromatic N) is 1. The fourth-order valence-electron chi connectivity index (χ4n) is 2.15. The van der Waals surface area contributed by atoms with Gasteiger partial charge in [0.2, 0.25) is 5.91 Å². The maximum absolute atomic E-state index is 11.8. The number of carbonyl (C=O) groups is 2. The van der Waals surface area contributed by atoms with Crippen LogP contribution in [0.15, 0.2) is 41.8 Å². The number of hydrogen-bond acceptors (Lipinski definition) is 4. The van der Waals surface area contributed by atoms with E-state index in [1.807, 2.05) is 54.7 Å². The minimum atomic E-state index is -0.0774. The summed E-state index contributed by atoms with van der Waals surface area (Å²) in [5, 5.41) is 7.59. The van der Waals surface area contributed by atoms with Crippen LogP contribution in [0.1, 0.15) is 28.1 Å². The van der Waals surface area contributed by atoms with Crippen molar-refractivity contribution >= 4 is 28.8 Å². The smallest absolute Gasteiger partial charge is 0.261 e. The SMILES string of the molecule is CN(C)c1ccc(CNC(=O)CCCNC(=O)c2cccs2)cc1. The van der Waals surface area contributed by atoms with Gasteiger partial charge in [0.15, 0.2) is 0 Å². The Kier molecular flexibility index (Phi) is 6.81. The highest BCUT2D eigenvalue weighted by Crippen LogP contribution is 2.12. The van der Waals surface area contributed by atoms with Crippen LogP contribution in [0, 0.1) is 0 Å². The van der Waals surface area contributed by atoms with E-state index in [0.29, 0.717) is 30.8 Å². The monoisotopic (exact) mass is 345 g/mol. The van der Waals surface area contributed by atoms with Crippen LogP contribution in [0.5, 0.6) is 0 Å². The van der Waals surface area contributed by atoms with Gasteiger partial charge in [-0.1, -0.05) is 18.2 Å². The first-order chi connectivity index (χ1) is 11.6. The van der Waals surface area contributed by atoms with Crippen LogP contribution in [-0.2, 0) is 11.3 Å². The molecule has 0 aliphatic heterocycles. The lowest BCUT2D eigenvalue weighted by atomic mass is 10.2. The van der Waals surface area contributed by atoms with Crippen LogP contribution in [0.25, 0.3) is 0 Å². The number of hydrogen-bond donors (Lipinski definition) is 2. The van der Waals surface area contributed by atoms with Crippen LogP contribution >= 0.6 is 11.3 Å². The van der Waals surface area contributed by atoms with Crippen molar-refractivity contribution < 1.29 is 9.59 Å². The van der Waals surface area contributed by atoms with E-state index in [9.17, 15) is 9.59 Å². The van der Waals surface area contributed by atoms with Crippen LogP contribution in [-0.4, -0.2) is 32.5 Å². The summed E-state index contributed by atoms with van der Waals surface area (Å²) in [5.41, 5.74) is 2.20. The van der Waals surface area contributed by atoms with E-state index < -0.39 is 0 Å². The fraction of sp³-hybridized carbons (Fsp3) is 0.333. The molecule has 2 amide bonds. The van der Waals surface area contributed by atoms with E-state index in [2.05, 4.69) is 10.6 Å². The topological polar surface area (TPSA) is 61.4 Å². The van der Waals surface area contributed by atoms with Crippen molar-refractivity contribution in [1.82, 2.24) is 10.6 Å². The number of anilines is 1. The van der Waals surface area contributed by atoms with Gasteiger partial charge < -0.3 is 15.5 Å². The third kappa shape index (κ3) is 5.70. The Bertz CT molecular complexity index is 651. The van der Waals surface area contributed by atoms with E-state index in [1.165, 1.54) is 11.3 Å². The van der Waals surface area contributed by atoms with Crippen molar-refractivity contribution in [3.05, 3.63) is 52.2 Å². The second-order valence-corrected chi connectivity index (χ2v) is 6.62. The average Bonchev–Trinajstić information content (AvgIpc) is 3.11. The maximum atomic E-state index is 11.8. The van der Waals surface area contributed by atoms with Crippen LogP contribution < -0.4 is 15.5 Å². The highest BCUT2D eigenvalue weighted by Gasteiger charge is 2.06. The summed E-state index contributed by atoms with van der Waals surface area (Å²) in [6, 6.07) is 11.7. The lowest BCUT2D eigenvalue weighted by Crippen LogP contribution is -2.26. The van der Waals surface area contributed by atoms with Gasteiger partial charge in [-0.15, -0.1) is 11.3 Å². The summed E-state index contributed by atoms with van der Waals surface area (Å²) in [5.74, 6) is -0.0801. The Balaban J connectivity index is 1.62. The predicted octanol–water partition coefficient (Wildman–Crippen LogP) is 2.64. The van der Waals surface area contributed by atoms with Gasteiger partial charge in [0.25, 0.3) is 5.91 Å². The van der Waals surface area contributed by atoms with E-state index in [1.54, 1.807) is 6.07 Å². The van der Waals surface area contributed by atoms with Gasteiger partial charge in [0.1, 0.15) is 0 Å². The summed E-state index contributed by atoms with van der Waals surface area (Å²) in [7, 11) is 3.99. The molecule has 128 valence electrons. The van der Waals surface area contributed by atoms with E-state index in [-0.39, 0.29) is 11.8 Å². The van der Waals surface area contributed by atoms with Gasteiger partial charge in [-0.2, -0.15) is 0 Å². The van der Waals surface area contributed by atoms with Gasteiger partial charge >= 0.3 is 0 Å². The van der Waals surface area contributed by atoms with Crippen LogP contribution in [0.4, 0.5) is 5.69 Å². The molecule has 2 aromatic rings. The predicted molar refractivity (Wildman–Crippen MR) is 98.5 cm³/mol. The van der Waals surface area contributed by atoms with Crippen molar-refractivity contribution in [3.8, 4) is 0 Å². The van der Waals surface area contributed by atoms with Crippen molar-refractivity contribution in [3.63, 3.8) is 0 Å². The summed E-state index contributed by atoms with van der Waals surface area (Å²) < 4.78 is 0. The number of benzene rings is 1. The minimum Gasteiger partial charge on any atom is -0.378 e. The van der Waals surface area contributed by atoms with Gasteiger partial charge in [-0.05, 0) is 35.6 Å².